The molecule has 8 nitrogen and oxygen atoms in total. The van der Waals surface area contributed by atoms with Crippen LogP contribution in [0, 0.1) is 5.92 Å². The van der Waals surface area contributed by atoms with Gasteiger partial charge in [0.1, 0.15) is 10.0 Å². The van der Waals surface area contributed by atoms with Crippen molar-refractivity contribution in [1.29, 1.82) is 0 Å². The lowest BCUT2D eigenvalue weighted by Crippen LogP contribution is -2.44. The van der Waals surface area contributed by atoms with Crippen molar-refractivity contribution in [2.75, 3.05) is 19.7 Å². The number of carbonyl (C=O) groups excluding carboxylic acids is 1. The molecule has 1 aromatic rings. The normalized spacial score (nSPS) is 22.9. The summed E-state index contributed by atoms with van der Waals surface area (Å²) < 4.78 is 32.1. The molecule has 0 bridgehead atoms. The fourth-order valence-corrected chi connectivity index (χ4v) is 4.97. The Labute approximate surface area is 157 Å². The highest BCUT2D eigenvalue weighted by Gasteiger charge is 2.33. The third-order valence-corrected chi connectivity index (χ3v) is 6.94. The molecule has 10 heteroatoms. The van der Waals surface area contributed by atoms with E-state index in [-0.39, 0.29) is 35.0 Å². The van der Waals surface area contributed by atoms with Gasteiger partial charge in [-0.25, -0.2) is 23.7 Å². The SMILES string of the molecule is O=C(NOC1CCCCO1)C1CCN(S(=O)(=O)c2cccnc2Cl)CC1. The molecule has 0 aliphatic carbocycles. The first-order valence-electron chi connectivity index (χ1n) is 8.66. The topological polar surface area (TPSA) is 97.8 Å². The van der Waals surface area contributed by atoms with Crippen LogP contribution in [0.3, 0.4) is 0 Å². The lowest BCUT2D eigenvalue weighted by molar-refractivity contribution is -0.202. The minimum absolute atomic E-state index is 0.0117. The maximum Gasteiger partial charge on any atom is 0.246 e. The van der Waals surface area contributed by atoms with Crippen molar-refractivity contribution < 1.29 is 22.8 Å². The second-order valence-electron chi connectivity index (χ2n) is 6.35. The second kappa shape index (κ2) is 8.62. The van der Waals surface area contributed by atoms with Gasteiger partial charge in [-0.3, -0.25) is 4.79 Å². The van der Waals surface area contributed by atoms with E-state index in [1.54, 1.807) is 0 Å². The zero-order valence-corrected chi connectivity index (χ0v) is 15.8. The van der Waals surface area contributed by atoms with E-state index in [2.05, 4.69) is 10.5 Å². The summed E-state index contributed by atoms with van der Waals surface area (Å²) in [6.45, 7) is 1.12. The summed E-state index contributed by atoms with van der Waals surface area (Å²) in [7, 11) is -3.72. The molecule has 1 unspecified atom stereocenters. The van der Waals surface area contributed by atoms with Gasteiger partial charge in [0.05, 0.1) is 0 Å². The number of nitrogens with zero attached hydrogens (tertiary/aromatic N) is 2. The molecule has 2 saturated heterocycles. The van der Waals surface area contributed by atoms with E-state index in [9.17, 15) is 13.2 Å². The Morgan fingerprint density at radius 1 is 1.31 bits per heavy atom. The van der Waals surface area contributed by atoms with Crippen LogP contribution in [-0.2, 0) is 24.4 Å². The number of halogens is 1. The highest BCUT2D eigenvalue weighted by molar-refractivity contribution is 7.89. The quantitative estimate of drug-likeness (QED) is 0.593. The van der Waals surface area contributed by atoms with Crippen LogP contribution < -0.4 is 5.48 Å². The minimum Gasteiger partial charge on any atom is -0.350 e. The van der Waals surface area contributed by atoms with Gasteiger partial charge in [-0.1, -0.05) is 11.6 Å². The van der Waals surface area contributed by atoms with E-state index < -0.39 is 16.3 Å². The van der Waals surface area contributed by atoms with Crippen molar-refractivity contribution in [2.24, 2.45) is 5.92 Å². The smallest absolute Gasteiger partial charge is 0.246 e. The van der Waals surface area contributed by atoms with Crippen molar-refractivity contribution in [3.8, 4) is 0 Å². The van der Waals surface area contributed by atoms with Crippen molar-refractivity contribution in [3.05, 3.63) is 23.5 Å². The van der Waals surface area contributed by atoms with Gasteiger partial charge in [0.25, 0.3) is 0 Å². The molecule has 1 atom stereocenters. The van der Waals surface area contributed by atoms with Crippen molar-refractivity contribution in [1.82, 2.24) is 14.8 Å². The molecule has 2 aliphatic rings. The Kier molecular flexibility index (Phi) is 6.46. The Morgan fingerprint density at radius 3 is 2.73 bits per heavy atom. The molecule has 3 rings (SSSR count). The summed E-state index contributed by atoms with van der Waals surface area (Å²) in [5, 5.41) is -0.0479. The maximum absolute atomic E-state index is 12.7. The zero-order valence-electron chi connectivity index (χ0n) is 14.3. The number of ether oxygens (including phenoxy) is 1. The summed E-state index contributed by atoms with van der Waals surface area (Å²) in [4.78, 5) is 21.3. The number of piperidine rings is 1. The summed E-state index contributed by atoms with van der Waals surface area (Å²) in [6.07, 6.45) is 4.63. The molecule has 1 aromatic heterocycles. The number of pyridine rings is 1. The number of carbonyl (C=O) groups is 1. The number of amides is 1. The van der Waals surface area contributed by atoms with Crippen LogP contribution in [0.5, 0.6) is 0 Å². The monoisotopic (exact) mass is 403 g/mol. The van der Waals surface area contributed by atoms with E-state index >= 15 is 0 Å². The predicted octanol–water partition coefficient (Wildman–Crippen LogP) is 1.71. The molecule has 0 spiro atoms. The molecular formula is C16H22ClN3O5S. The lowest BCUT2D eigenvalue weighted by atomic mass is 9.98. The van der Waals surface area contributed by atoms with Crippen LogP contribution >= 0.6 is 11.6 Å². The van der Waals surface area contributed by atoms with Crippen molar-refractivity contribution in [2.45, 2.75) is 43.3 Å². The number of rotatable bonds is 5. The van der Waals surface area contributed by atoms with Crippen LogP contribution in [0.25, 0.3) is 0 Å². The van der Waals surface area contributed by atoms with Crippen LogP contribution in [0.2, 0.25) is 5.15 Å². The van der Waals surface area contributed by atoms with E-state index in [0.29, 0.717) is 19.4 Å². The molecule has 26 heavy (non-hydrogen) atoms. The summed E-state index contributed by atoms with van der Waals surface area (Å²) in [6, 6.07) is 2.96. The van der Waals surface area contributed by atoms with Crippen LogP contribution in [0.15, 0.2) is 23.2 Å². The average molecular weight is 404 g/mol. The van der Waals surface area contributed by atoms with Crippen molar-refractivity contribution >= 4 is 27.5 Å². The minimum atomic E-state index is -3.72. The first-order chi connectivity index (χ1) is 12.5. The van der Waals surface area contributed by atoms with Gasteiger partial charge >= 0.3 is 0 Å². The third-order valence-electron chi connectivity index (χ3n) is 4.60. The highest BCUT2D eigenvalue weighted by Crippen LogP contribution is 2.27. The van der Waals surface area contributed by atoms with Crippen LogP contribution in [-0.4, -0.2) is 49.6 Å². The highest BCUT2D eigenvalue weighted by atomic mass is 35.5. The second-order valence-corrected chi connectivity index (χ2v) is 8.62. The average Bonchev–Trinajstić information content (AvgIpc) is 2.67. The van der Waals surface area contributed by atoms with E-state index in [4.69, 9.17) is 21.2 Å². The number of hydrogen-bond donors (Lipinski definition) is 1. The lowest BCUT2D eigenvalue weighted by Gasteiger charge is -2.31. The molecule has 0 saturated carbocycles. The molecule has 0 aromatic carbocycles. The van der Waals surface area contributed by atoms with Crippen LogP contribution in [0.1, 0.15) is 32.1 Å². The van der Waals surface area contributed by atoms with Gasteiger partial charge < -0.3 is 4.74 Å². The van der Waals surface area contributed by atoms with E-state index in [0.717, 1.165) is 19.3 Å². The number of aromatic nitrogens is 1. The third kappa shape index (κ3) is 4.52. The van der Waals surface area contributed by atoms with Gasteiger partial charge in [-0.2, -0.15) is 4.31 Å². The maximum atomic E-state index is 12.7. The van der Waals surface area contributed by atoms with E-state index in [1.165, 1.54) is 22.6 Å². The Balaban J connectivity index is 1.52. The number of sulfonamides is 1. The van der Waals surface area contributed by atoms with Gasteiger partial charge in [0.15, 0.2) is 6.29 Å². The standard InChI is InChI=1S/C16H22ClN3O5S/c17-15-13(4-3-8-18-15)26(22,23)20-9-6-12(7-10-20)16(21)19-25-14-5-1-2-11-24-14/h3-4,8,12,14H,1-2,5-7,9-11H2,(H,19,21). The molecule has 1 amide bonds. The zero-order chi connectivity index (χ0) is 18.6. The number of hydroxylamine groups is 1. The molecular weight excluding hydrogens is 382 g/mol. The number of nitrogens with one attached hydrogen (secondary N) is 1. The molecule has 2 aliphatic heterocycles. The van der Waals surface area contributed by atoms with Gasteiger partial charge in [-0.15, -0.1) is 0 Å². The van der Waals surface area contributed by atoms with Crippen molar-refractivity contribution in [3.63, 3.8) is 0 Å². The molecule has 0 radical (unpaired) electrons. The summed E-state index contributed by atoms with van der Waals surface area (Å²) >= 11 is 5.91. The molecule has 3 heterocycles. The van der Waals surface area contributed by atoms with Gasteiger partial charge in [0, 0.05) is 38.2 Å². The van der Waals surface area contributed by atoms with Gasteiger partial charge in [-0.05, 0) is 37.8 Å². The Morgan fingerprint density at radius 2 is 2.08 bits per heavy atom. The fourth-order valence-electron chi connectivity index (χ4n) is 3.07. The first kappa shape index (κ1) is 19.5. The molecule has 1 N–H and O–H groups in total. The summed E-state index contributed by atoms with van der Waals surface area (Å²) in [5.41, 5.74) is 2.45. The van der Waals surface area contributed by atoms with Crippen LogP contribution in [0.4, 0.5) is 0 Å². The predicted molar refractivity (Wildman–Crippen MR) is 93.5 cm³/mol. The summed E-state index contributed by atoms with van der Waals surface area (Å²) in [5.74, 6) is -0.537. The molecule has 144 valence electrons. The fraction of sp³-hybridized carbons (Fsp3) is 0.625. The molecule has 2 fully saturated rings. The van der Waals surface area contributed by atoms with Gasteiger partial charge in [0.2, 0.25) is 15.9 Å². The first-order valence-corrected chi connectivity index (χ1v) is 10.5. The largest absolute Gasteiger partial charge is 0.350 e. The Bertz CT molecular complexity index is 731. The number of hydrogen-bond acceptors (Lipinski definition) is 6. The van der Waals surface area contributed by atoms with E-state index in [1.807, 2.05) is 0 Å². The Hall–Kier alpha value is -1.26.